The van der Waals surface area contributed by atoms with Crippen molar-refractivity contribution < 1.29 is 14.3 Å². The summed E-state index contributed by atoms with van der Waals surface area (Å²) in [5.74, 6) is 5.03. The second kappa shape index (κ2) is 9.84. The summed E-state index contributed by atoms with van der Waals surface area (Å²) in [5.41, 5.74) is 11.4. The van der Waals surface area contributed by atoms with Crippen LogP contribution in [0.4, 0.5) is 5.69 Å². The fourth-order valence-corrected chi connectivity index (χ4v) is 3.34. The topological polar surface area (TPSA) is 103 Å². The largest absolute Gasteiger partial charge is 0.461 e. The molecule has 1 aliphatic rings. The zero-order valence-corrected chi connectivity index (χ0v) is 16.7. The zero-order chi connectivity index (χ0) is 20.6. The summed E-state index contributed by atoms with van der Waals surface area (Å²) in [6.45, 7) is 4.17. The molecular weight excluding hydrogens is 368 g/mol. The van der Waals surface area contributed by atoms with E-state index in [1.807, 2.05) is 12.1 Å². The summed E-state index contributed by atoms with van der Waals surface area (Å²) in [5, 5.41) is 0. The number of rotatable bonds is 7. The lowest BCUT2D eigenvalue weighted by Crippen LogP contribution is -2.32. The summed E-state index contributed by atoms with van der Waals surface area (Å²) in [6.07, 6.45) is 3.85. The number of hydrazine groups is 1. The molecule has 1 saturated heterocycles. The first-order valence-electron chi connectivity index (χ1n) is 9.89. The van der Waals surface area contributed by atoms with Crippen molar-refractivity contribution in [3.63, 3.8) is 0 Å². The maximum Gasteiger partial charge on any atom is 0.361 e. The Hall–Kier alpha value is -3.19. The molecule has 3 rings (SSSR count). The highest BCUT2D eigenvalue weighted by molar-refractivity contribution is 5.88. The molecule has 0 spiro atoms. The SMILES string of the molecule is CCOC(=O)/C(NN)=C(/N)Oc1ccc(-c2ccc(N3CCCCC3)cc2)cc1. The lowest BCUT2D eigenvalue weighted by atomic mass is 10.0. The number of hydrogen-bond donors (Lipinski definition) is 3. The van der Waals surface area contributed by atoms with Gasteiger partial charge < -0.3 is 25.5 Å². The highest BCUT2D eigenvalue weighted by Crippen LogP contribution is 2.27. The number of hydrogen-bond acceptors (Lipinski definition) is 7. The molecule has 0 atom stereocenters. The van der Waals surface area contributed by atoms with Gasteiger partial charge in [-0.1, -0.05) is 24.3 Å². The van der Waals surface area contributed by atoms with Gasteiger partial charge in [-0.25, -0.2) is 4.79 Å². The lowest BCUT2D eigenvalue weighted by Gasteiger charge is -2.28. The van der Waals surface area contributed by atoms with Gasteiger partial charge in [0.25, 0.3) is 0 Å². The average Bonchev–Trinajstić information content (AvgIpc) is 2.76. The number of nitrogens with two attached hydrogens (primary N) is 2. The predicted octanol–water partition coefficient (Wildman–Crippen LogP) is 2.88. The maximum atomic E-state index is 11.8. The maximum absolute atomic E-state index is 11.8. The molecule has 29 heavy (non-hydrogen) atoms. The van der Waals surface area contributed by atoms with E-state index in [1.165, 1.54) is 24.9 Å². The average molecular weight is 396 g/mol. The summed E-state index contributed by atoms with van der Waals surface area (Å²) >= 11 is 0. The highest BCUT2D eigenvalue weighted by Gasteiger charge is 2.16. The van der Waals surface area contributed by atoms with Gasteiger partial charge in [-0.05, 0) is 61.6 Å². The molecule has 1 aliphatic heterocycles. The second-order valence-electron chi connectivity index (χ2n) is 6.83. The van der Waals surface area contributed by atoms with Gasteiger partial charge >= 0.3 is 5.97 Å². The van der Waals surface area contributed by atoms with Gasteiger partial charge in [0.15, 0.2) is 5.70 Å². The minimum absolute atomic E-state index is 0.121. The molecule has 5 N–H and O–H groups in total. The number of piperidine rings is 1. The summed E-state index contributed by atoms with van der Waals surface area (Å²) in [6, 6.07) is 16.1. The molecule has 0 aliphatic carbocycles. The Kier molecular flexibility index (Phi) is 6.97. The molecule has 0 unspecified atom stereocenters. The van der Waals surface area contributed by atoms with Crippen molar-refractivity contribution >= 4 is 11.7 Å². The number of benzene rings is 2. The Labute approximate surface area is 171 Å². The zero-order valence-electron chi connectivity index (χ0n) is 16.7. The first-order chi connectivity index (χ1) is 14.1. The monoisotopic (exact) mass is 396 g/mol. The van der Waals surface area contributed by atoms with Gasteiger partial charge in [0.2, 0.25) is 5.88 Å². The van der Waals surface area contributed by atoms with E-state index in [0.717, 1.165) is 24.2 Å². The summed E-state index contributed by atoms with van der Waals surface area (Å²) in [4.78, 5) is 14.2. The molecular formula is C22H28N4O3. The molecule has 7 nitrogen and oxygen atoms in total. The lowest BCUT2D eigenvalue weighted by molar-refractivity contribution is -0.139. The van der Waals surface area contributed by atoms with Crippen LogP contribution in [0.15, 0.2) is 60.1 Å². The number of carbonyl (C=O) groups is 1. The van der Waals surface area contributed by atoms with Crippen LogP contribution in [0.5, 0.6) is 5.75 Å². The molecule has 0 saturated carbocycles. The molecule has 0 amide bonds. The van der Waals surface area contributed by atoms with Gasteiger partial charge in [-0.15, -0.1) is 0 Å². The van der Waals surface area contributed by atoms with Gasteiger partial charge in [0.1, 0.15) is 5.75 Å². The Balaban J connectivity index is 1.69. The highest BCUT2D eigenvalue weighted by atomic mass is 16.5. The minimum Gasteiger partial charge on any atom is -0.461 e. The van der Waals surface area contributed by atoms with Crippen molar-refractivity contribution in [2.45, 2.75) is 26.2 Å². The molecule has 154 valence electrons. The Morgan fingerprint density at radius 1 is 1.00 bits per heavy atom. The molecule has 2 aromatic rings. The van der Waals surface area contributed by atoms with Crippen LogP contribution in [-0.4, -0.2) is 25.7 Å². The smallest absolute Gasteiger partial charge is 0.361 e. The molecule has 7 heteroatoms. The number of nitrogens with one attached hydrogen (secondary N) is 1. The first kappa shape index (κ1) is 20.5. The molecule has 0 radical (unpaired) electrons. The quantitative estimate of drug-likeness (QED) is 0.217. The van der Waals surface area contributed by atoms with Gasteiger partial charge in [-0.3, -0.25) is 5.84 Å². The third-order valence-corrected chi connectivity index (χ3v) is 4.87. The van der Waals surface area contributed by atoms with Crippen molar-refractivity contribution in [1.82, 2.24) is 5.43 Å². The predicted molar refractivity (Wildman–Crippen MR) is 114 cm³/mol. The molecule has 1 fully saturated rings. The molecule has 2 aromatic carbocycles. The van der Waals surface area contributed by atoms with Crippen LogP contribution in [-0.2, 0) is 9.53 Å². The van der Waals surface area contributed by atoms with E-state index >= 15 is 0 Å². The fourth-order valence-electron chi connectivity index (χ4n) is 3.34. The van der Waals surface area contributed by atoms with Crippen molar-refractivity contribution in [3.8, 4) is 16.9 Å². The van der Waals surface area contributed by atoms with Crippen molar-refractivity contribution in [2.75, 3.05) is 24.6 Å². The van der Waals surface area contributed by atoms with Crippen LogP contribution < -0.4 is 26.6 Å². The number of carbonyl (C=O) groups excluding carboxylic acids is 1. The standard InChI is InChI=1S/C22H28N4O3/c1-2-28-22(27)20(25-24)21(23)29-19-12-8-17(9-13-19)16-6-10-18(11-7-16)26-14-4-3-5-15-26/h6-13,25H,2-5,14-15,23-24H2,1H3/b21-20+. The van der Waals surface area contributed by atoms with E-state index in [-0.39, 0.29) is 18.2 Å². The summed E-state index contributed by atoms with van der Waals surface area (Å²) in [7, 11) is 0. The van der Waals surface area contributed by atoms with Gasteiger partial charge in [-0.2, -0.15) is 0 Å². The normalized spacial score (nSPS) is 14.8. The Morgan fingerprint density at radius 3 is 2.14 bits per heavy atom. The van der Waals surface area contributed by atoms with Crippen molar-refractivity contribution in [1.29, 1.82) is 0 Å². The van der Waals surface area contributed by atoms with E-state index in [9.17, 15) is 4.79 Å². The molecule has 1 heterocycles. The Morgan fingerprint density at radius 2 is 1.59 bits per heavy atom. The first-order valence-corrected chi connectivity index (χ1v) is 9.89. The Bertz CT molecular complexity index is 841. The van der Waals surface area contributed by atoms with Gasteiger partial charge in [0, 0.05) is 18.8 Å². The van der Waals surface area contributed by atoms with E-state index in [0.29, 0.717) is 5.75 Å². The fraction of sp³-hybridized carbons (Fsp3) is 0.318. The van der Waals surface area contributed by atoms with E-state index in [1.54, 1.807) is 19.1 Å². The van der Waals surface area contributed by atoms with Crippen LogP contribution >= 0.6 is 0 Å². The van der Waals surface area contributed by atoms with Crippen LogP contribution in [0.3, 0.4) is 0 Å². The molecule has 0 bridgehead atoms. The number of ether oxygens (including phenoxy) is 2. The van der Waals surface area contributed by atoms with Gasteiger partial charge in [0.05, 0.1) is 6.61 Å². The van der Waals surface area contributed by atoms with Crippen LogP contribution in [0.25, 0.3) is 11.1 Å². The third-order valence-electron chi connectivity index (χ3n) is 4.87. The minimum atomic E-state index is -0.669. The van der Waals surface area contributed by atoms with E-state index in [2.05, 4.69) is 34.6 Å². The van der Waals surface area contributed by atoms with Crippen LogP contribution in [0.1, 0.15) is 26.2 Å². The molecule has 0 aromatic heterocycles. The van der Waals surface area contributed by atoms with E-state index in [4.69, 9.17) is 21.1 Å². The van der Waals surface area contributed by atoms with Crippen LogP contribution in [0, 0.1) is 0 Å². The van der Waals surface area contributed by atoms with Crippen molar-refractivity contribution in [2.24, 2.45) is 11.6 Å². The van der Waals surface area contributed by atoms with Crippen molar-refractivity contribution in [3.05, 3.63) is 60.1 Å². The number of nitrogens with zero attached hydrogens (tertiary/aromatic N) is 1. The second-order valence-corrected chi connectivity index (χ2v) is 6.83. The number of esters is 1. The van der Waals surface area contributed by atoms with E-state index < -0.39 is 5.97 Å². The summed E-state index contributed by atoms with van der Waals surface area (Å²) < 4.78 is 10.4. The number of anilines is 1. The van der Waals surface area contributed by atoms with Crippen LogP contribution in [0.2, 0.25) is 0 Å². The third kappa shape index (κ3) is 5.20.